The molecule has 1 fully saturated rings. The summed E-state index contributed by atoms with van der Waals surface area (Å²) in [6, 6.07) is 10.0. The van der Waals surface area contributed by atoms with Crippen molar-refractivity contribution < 1.29 is 9.47 Å². The molecule has 1 aromatic carbocycles. The zero-order valence-corrected chi connectivity index (χ0v) is 11.3. The summed E-state index contributed by atoms with van der Waals surface area (Å²) >= 11 is 0. The number of hydrogen-bond donors (Lipinski definition) is 0. The van der Waals surface area contributed by atoms with Gasteiger partial charge in [0.25, 0.3) is 0 Å². The van der Waals surface area contributed by atoms with Crippen LogP contribution in [0.1, 0.15) is 31.6 Å². The molecule has 19 heavy (non-hydrogen) atoms. The van der Waals surface area contributed by atoms with Crippen molar-refractivity contribution in [3.63, 3.8) is 0 Å². The Hall–Kier alpha value is -1.56. The van der Waals surface area contributed by atoms with Gasteiger partial charge in [-0.05, 0) is 13.3 Å². The number of allylic oxidation sites excluding steroid dienone is 2. The van der Waals surface area contributed by atoms with Crippen LogP contribution >= 0.6 is 0 Å². The van der Waals surface area contributed by atoms with Crippen molar-refractivity contribution in [1.29, 1.82) is 0 Å². The lowest BCUT2D eigenvalue weighted by Gasteiger charge is -2.38. The fourth-order valence-electron chi connectivity index (χ4n) is 2.27. The van der Waals surface area contributed by atoms with Crippen molar-refractivity contribution in [1.82, 2.24) is 0 Å². The zero-order valence-electron chi connectivity index (χ0n) is 11.3. The van der Waals surface area contributed by atoms with Crippen LogP contribution in [-0.2, 0) is 9.47 Å². The van der Waals surface area contributed by atoms with Crippen LogP contribution in [0.3, 0.4) is 0 Å². The zero-order chi connectivity index (χ0) is 13.6. The smallest absolute Gasteiger partial charge is 0.183 e. The fraction of sp³-hybridized carbons (Fsp3) is 0.412. The maximum atomic E-state index is 5.88. The van der Waals surface area contributed by atoms with E-state index in [4.69, 9.17) is 15.9 Å². The van der Waals surface area contributed by atoms with Gasteiger partial charge in [0, 0.05) is 17.4 Å². The van der Waals surface area contributed by atoms with Crippen LogP contribution in [0.2, 0.25) is 0 Å². The van der Waals surface area contributed by atoms with Gasteiger partial charge < -0.3 is 9.47 Å². The van der Waals surface area contributed by atoms with E-state index in [1.807, 2.05) is 43.3 Å². The van der Waals surface area contributed by atoms with E-state index in [1.54, 1.807) is 0 Å². The monoisotopic (exact) mass is 256 g/mol. The number of rotatable bonds is 4. The lowest BCUT2D eigenvalue weighted by atomic mass is 9.82. The molecule has 1 heterocycles. The molecule has 0 amide bonds. The molecule has 0 N–H and O–H groups in total. The third-order valence-electron chi connectivity index (χ3n) is 3.42. The molecule has 1 saturated heterocycles. The SMILES string of the molecule is C#CCC1(C/C=C/C)COC(c2ccccc2)OC1. The van der Waals surface area contributed by atoms with Gasteiger partial charge in [-0.1, -0.05) is 42.5 Å². The molecule has 1 aliphatic heterocycles. The Balaban J connectivity index is 2.02. The second-order valence-corrected chi connectivity index (χ2v) is 5.02. The molecule has 2 rings (SSSR count). The predicted octanol–water partition coefficient (Wildman–Crippen LogP) is 3.71. The molecule has 2 heteroatoms. The van der Waals surface area contributed by atoms with E-state index < -0.39 is 0 Å². The minimum Gasteiger partial charge on any atom is -0.348 e. The van der Waals surface area contributed by atoms with Gasteiger partial charge >= 0.3 is 0 Å². The first kappa shape index (κ1) is 13.9. The largest absolute Gasteiger partial charge is 0.348 e. The second-order valence-electron chi connectivity index (χ2n) is 5.02. The van der Waals surface area contributed by atoms with Gasteiger partial charge in [-0.15, -0.1) is 12.3 Å². The number of hydrogen-bond acceptors (Lipinski definition) is 2. The topological polar surface area (TPSA) is 18.5 Å². The summed E-state index contributed by atoms with van der Waals surface area (Å²) in [5.74, 6) is 2.75. The summed E-state index contributed by atoms with van der Waals surface area (Å²) in [6.07, 6.45) is 11.0. The molecule has 0 radical (unpaired) electrons. The Bertz CT molecular complexity index is 448. The van der Waals surface area contributed by atoms with Crippen LogP contribution in [0.4, 0.5) is 0 Å². The highest BCUT2D eigenvalue weighted by atomic mass is 16.7. The average Bonchev–Trinajstić information content (AvgIpc) is 2.47. The second kappa shape index (κ2) is 6.56. The summed E-state index contributed by atoms with van der Waals surface area (Å²) in [5.41, 5.74) is 0.981. The summed E-state index contributed by atoms with van der Waals surface area (Å²) in [6.45, 7) is 3.29. The summed E-state index contributed by atoms with van der Waals surface area (Å²) in [5, 5.41) is 0. The summed E-state index contributed by atoms with van der Waals surface area (Å²) in [7, 11) is 0. The maximum absolute atomic E-state index is 5.88. The predicted molar refractivity (Wildman–Crippen MR) is 76.4 cm³/mol. The molecule has 2 nitrogen and oxygen atoms in total. The quantitative estimate of drug-likeness (QED) is 0.604. The van der Waals surface area contributed by atoms with Gasteiger partial charge in [0.2, 0.25) is 0 Å². The first-order valence-electron chi connectivity index (χ1n) is 6.62. The molecule has 0 bridgehead atoms. The minimum absolute atomic E-state index is 0.0768. The van der Waals surface area contributed by atoms with Crippen molar-refractivity contribution in [3.8, 4) is 12.3 Å². The van der Waals surface area contributed by atoms with Crippen molar-refractivity contribution in [3.05, 3.63) is 48.0 Å². The highest BCUT2D eigenvalue weighted by Crippen LogP contribution is 2.36. The van der Waals surface area contributed by atoms with Crippen molar-refractivity contribution >= 4 is 0 Å². The van der Waals surface area contributed by atoms with Gasteiger partial charge in [0.1, 0.15) is 0 Å². The maximum Gasteiger partial charge on any atom is 0.183 e. The van der Waals surface area contributed by atoms with Crippen LogP contribution in [0, 0.1) is 17.8 Å². The number of terminal acetylenes is 1. The van der Waals surface area contributed by atoms with Crippen LogP contribution in [0.5, 0.6) is 0 Å². The van der Waals surface area contributed by atoms with Crippen molar-refractivity contribution in [2.24, 2.45) is 5.41 Å². The van der Waals surface area contributed by atoms with Crippen LogP contribution in [0.25, 0.3) is 0 Å². The van der Waals surface area contributed by atoms with E-state index in [-0.39, 0.29) is 11.7 Å². The van der Waals surface area contributed by atoms with E-state index in [9.17, 15) is 0 Å². The fourth-order valence-corrected chi connectivity index (χ4v) is 2.27. The minimum atomic E-state index is -0.266. The highest BCUT2D eigenvalue weighted by Gasteiger charge is 2.35. The average molecular weight is 256 g/mol. The van der Waals surface area contributed by atoms with Gasteiger partial charge in [-0.2, -0.15) is 0 Å². The molecule has 0 aromatic heterocycles. The summed E-state index contributed by atoms with van der Waals surface area (Å²) in [4.78, 5) is 0. The van der Waals surface area contributed by atoms with E-state index in [0.29, 0.717) is 19.6 Å². The third kappa shape index (κ3) is 3.47. The highest BCUT2D eigenvalue weighted by molar-refractivity contribution is 5.16. The lowest BCUT2D eigenvalue weighted by molar-refractivity contribution is -0.232. The van der Waals surface area contributed by atoms with Gasteiger partial charge in [-0.3, -0.25) is 0 Å². The van der Waals surface area contributed by atoms with Gasteiger partial charge in [0.05, 0.1) is 13.2 Å². The van der Waals surface area contributed by atoms with Crippen LogP contribution < -0.4 is 0 Å². The van der Waals surface area contributed by atoms with E-state index >= 15 is 0 Å². The molecule has 0 aliphatic carbocycles. The first-order chi connectivity index (χ1) is 9.29. The van der Waals surface area contributed by atoms with Crippen molar-refractivity contribution in [2.75, 3.05) is 13.2 Å². The lowest BCUT2D eigenvalue weighted by Crippen LogP contribution is -2.38. The molecule has 1 aromatic rings. The number of ether oxygens (including phenoxy) is 2. The number of benzene rings is 1. The molecular weight excluding hydrogens is 236 g/mol. The standard InChI is InChI=1S/C17H20O2/c1-3-5-12-17(11-4-2)13-18-16(19-14-17)15-9-7-6-8-10-15/h2-3,5-10,16H,11-14H2,1H3/b5-3+. The van der Waals surface area contributed by atoms with E-state index in [0.717, 1.165) is 12.0 Å². The van der Waals surface area contributed by atoms with Gasteiger partial charge in [0.15, 0.2) is 6.29 Å². The summed E-state index contributed by atoms with van der Waals surface area (Å²) < 4.78 is 11.8. The Kier molecular flexibility index (Phi) is 4.79. The Morgan fingerprint density at radius 1 is 1.32 bits per heavy atom. The van der Waals surface area contributed by atoms with Crippen LogP contribution in [0.15, 0.2) is 42.5 Å². The molecule has 0 unspecified atom stereocenters. The third-order valence-corrected chi connectivity index (χ3v) is 3.42. The molecular formula is C17H20O2. The molecule has 0 atom stereocenters. The molecule has 0 saturated carbocycles. The molecule has 1 aliphatic rings. The van der Waals surface area contributed by atoms with E-state index in [1.165, 1.54) is 0 Å². The van der Waals surface area contributed by atoms with E-state index in [2.05, 4.69) is 12.0 Å². The Morgan fingerprint density at radius 2 is 2.00 bits per heavy atom. The Morgan fingerprint density at radius 3 is 2.58 bits per heavy atom. The van der Waals surface area contributed by atoms with Gasteiger partial charge in [-0.25, -0.2) is 0 Å². The normalized spacial score (nSPS) is 27.3. The first-order valence-corrected chi connectivity index (χ1v) is 6.62. The van der Waals surface area contributed by atoms with Crippen LogP contribution in [-0.4, -0.2) is 13.2 Å². The molecule has 100 valence electrons. The molecule has 0 spiro atoms. The van der Waals surface area contributed by atoms with Crippen molar-refractivity contribution in [2.45, 2.75) is 26.1 Å². The Labute approximate surface area is 115 Å².